The SMILES string of the molecule is Cc1nc(I)nc2c1COCC2. The van der Waals surface area contributed by atoms with Gasteiger partial charge in [0.25, 0.3) is 0 Å². The minimum Gasteiger partial charge on any atom is -0.376 e. The second kappa shape index (κ2) is 3.26. The van der Waals surface area contributed by atoms with Gasteiger partial charge in [-0.25, -0.2) is 9.97 Å². The molecule has 3 nitrogen and oxygen atoms in total. The summed E-state index contributed by atoms with van der Waals surface area (Å²) in [7, 11) is 0. The van der Waals surface area contributed by atoms with Gasteiger partial charge < -0.3 is 4.74 Å². The van der Waals surface area contributed by atoms with E-state index in [1.807, 2.05) is 6.92 Å². The van der Waals surface area contributed by atoms with E-state index in [9.17, 15) is 0 Å². The van der Waals surface area contributed by atoms with Crippen LogP contribution in [0.25, 0.3) is 0 Å². The van der Waals surface area contributed by atoms with E-state index in [0.29, 0.717) is 6.61 Å². The van der Waals surface area contributed by atoms with E-state index < -0.39 is 0 Å². The number of aromatic nitrogens is 2. The third kappa shape index (κ3) is 1.45. The fraction of sp³-hybridized carbons (Fsp3) is 0.500. The minimum atomic E-state index is 0.679. The lowest BCUT2D eigenvalue weighted by Crippen LogP contribution is -2.15. The third-order valence-corrected chi connectivity index (χ3v) is 2.48. The standard InChI is InChI=1S/C8H9IN2O/c1-5-6-4-12-3-2-7(6)11-8(9)10-5/h2-4H2,1H3. The smallest absolute Gasteiger partial charge is 0.191 e. The van der Waals surface area contributed by atoms with E-state index in [1.54, 1.807) is 0 Å². The van der Waals surface area contributed by atoms with Gasteiger partial charge in [-0.3, -0.25) is 0 Å². The third-order valence-electron chi connectivity index (χ3n) is 2.00. The van der Waals surface area contributed by atoms with Crippen LogP contribution < -0.4 is 0 Å². The van der Waals surface area contributed by atoms with Crippen LogP contribution in [0.1, 0.15) is 17.0 Å². The zero-order chi connectivity index (χ0) is 8.55. The first-order chi connectivity index (χ1) is 5.77. The Labute approximate surface area is 84.7 Å². The lowest BCUT2D eigenvalue weighted by molar-refractivity contribution is 0.108. The van der Waals surface area contributed by atoms with Gasteiger partial charge in [0, 0.05) is 40.3 Å². The maximum atomic E-state index is 5.33. The molecule has 0 radical (unpaired) electrons. The van der Waals surface area contributed by atoms with E-state index in [-0.39, 0.29) is 0 Å². The van der Waals surface area contributed by atoms with Crippen LogP contribution in [0.15, 0.2) is 0 Å². The Balaban J connectivity index is 2.53. The fourth-order valence-corrected chi connectivity index (χ4v) is 2.01. The molecule has 0 fully saturated rings. The Morgan fingerprint density at radius 1 is 1.42 bits per heavy atom. The van der Waals surface area contributed by atoms with Gasteiger partial charge in [0.15, 0.2) is 3.83 Å². The molecule has 4 heteroatoms. The van der Waals surface area contributed by atoms with Crippen LogP contribution >= 0.6 is 22.6 Å². The Morgan fingerprint density at radius 3 is 3.08 bits per heavy atom. The zero-order valence-corrected chi connectivity index (χ0v) is 8.96. The van der Waals surface area contributed by atoms with Crippen LogP contribution in [0.5, 0.6) is 0 Å². The van der Waals surface area contributed by atoms with Crippen molar-refractivity contribution < 1.29 is 4.74 Å². The van der Waals surface area contributed by atoms with Crippen molar-refractivity contribution in [1.29, 1.82) is 0 Å². The largest absolute Gasteiger partial charge is 0.376 e. The molecule has 0 bridgehead atoms. The highest BCUT2D eigenvalue weighted by molar-refractivity contribution is 14.1. The molecule has 1 aliphatic rings. The van der Waals surface area contributed by atoms with E-state index in [0.717, 1.165) is 28.2 Å². The van der Waals surface area contributed by atoms with E-state index in [2.05, 4.69) is 32.6 Å². The molecule has 0 atom stereocenters. The van der Waals surface area contributed by atoms with E-state index in [4.69, 9.17) is 4.74 Å². The van der Waals surface area contributed by atoms with Crippen LogP contribution in [0.2, 0.25) is 0 Å². The number of hydrogen-bond donors (Lipinski definition) is 0. The summed E-state index contributed by atoms with van der Waals surface area (Å²) in [5.74, 6) is 0. The van der Waals surface area contributed by atoms with Gasteiger partial charge in [-0.1, -0.05) is 0 Å². The summed E-state index contributed by atoms with van der Waals surface area (Å²) in [6.07, 6.45) is 0.925. The number of hydrogen-bond acceptors (Lipinski definition) is 3. The van der Waals surface area contributed by atoms with E-state index in [1.165, 1.54) is 5.56 Å². The number of ether oxygens (including phenoxy) is 1. The zero-order valence-electron chi connectivity index (χ0n) is 6.80. The first kappa shape index (κ1) is 8.37. The molecule has 12 heavy (non-hydrogen) atoms. The molecule has 0 saturated heterocycles. The van der Waals surface area contributed by atoms with Crippen molar-refractivity contribution >= 4 is 22.6 Å². The molecular weight excluding hydrogens is 267 g/mol. The summed E-state index contributed by atoms with van der Waals surface area (Å²) in [5, 5.41) is 0. The summed E-state index contributed by atoms with van der Waals surface area (Å²) in [5.41, 5.74) is 3.41. The average molecular weight is 276 g/mol. The second-order valence-electron chi connectivity index (χ2n) is 2.81. The predicted octanol–water partition coefficient (Wildman–Crippen LogP) is 1.46. The molecule has 0 spiro atoms. The van der Waals surface area contributed by atoms with Gasteiger partial charge >= 0.3 is 0 Å². The summed E-state index contributed by atoms with van der Waals surface area (Å²) < 4.78 is 6.17. The van der Waals surface area contributed by atoms with Gasteiger partial charge in [0.1, 0.15) is 0 Å². The summed E-state index contributed by atoms with van der Waals surface area (Å²) in [6.45, 7) is 3.48. The summed E-state index contributed by atoms with van der Waals surface area (Å²) >= 11 is 2.15. The second-order valence-corrected chi connectivity index (χ2v) is 3.77. The lowest BCUT2D eigenvalue weighted by atomic mass is 10.1. The van der Waals surface area contributed by atoms with Gasteiger partial charge in [-0.15, -0.1) is 0 Å². The molecule has 1 aromatic heterocycles. The number of nitrogens with zero attached hydrogens (tertiary/aromatic N) is 2. The van der Waals surface area contributed by atoms with Gasteiger partial charge in [-0.05, 0) is 6.92 Å². The highest BCUT2D eigenvalue weighted by Crippen LogP contribution is 2.17. The quantitative estimate of drug-likeness (QED) is 0.531. The molecule has 0 saturated carbocycles. The molecule has 0 aliphatic carbocycles. The van der Waals surface area contributed by atoms with Crippen molar-refractivity contribution in [3.8, 4) is 0 Å². The number of aryl methyl sites for hydroxylation is 1. The topological polar surface area (TPSA) is 35.0 Å². The maximum Gasteiger partial charge on any atom is 0.191 e. The molecule has 1 aromatic rings. The first-order valence-electron chi connectivity index (χ1n) is 3.87. The Bertz CT molecular complexity index is 314. The molecule has 0 unspecified atom stereocenters. The molecule has 1 aliphatic heterocycles. The lowest BCUT2D eigenvalue weighted by Gasteiger charge is -2.16. The van der Waals surface area contributed by atoms with Crippen molar-refractivity contribution in [2.24, 2.45) is 0 Å². The molecule has 2 rings (SSSR count). The Hall–Kier alpha value is -0.230. The van der Waals surface area contributed by atoms with Gasteiger partial charge in [0.2, 0.25) is 0 Å². The van der Waals surface area contributed by atoms with Crippen LogP contribution in [0.4, 0.5) is 0 Å². The van der Waals surface area contributed by atoms with Crippen molar-refractivity contribution in [2.75, 3.05) is 6.61 Å². The van der Waals surface area contributed by atoms with Crippen LogP contribution in [0.3, 0.4) is 0 Å². The molecule has 64 valence electrons. The molecule has 0 amide bonds. The van der Waals surface area contributed by atoms with Crippen molar-refractivity contribution in [3.05, 3.63) is 20.8 Å². The fourth-order valence-electron chi connectivity index (χ4n) is 1.36. The monoisotopic (exact) mass is 276 g/mol. The minimum absolute atomic E-state index is 0.679. The van der Waals surface area contributed by atoms with E-state index >= 15 is 0 Å². The van der Waals surface area contributed by atoms with Gasteiger partial charge in [0.05, 0.1) is 18.9 Å². The normalized spacial score (nSPS) is 15.8. The number of fused-ring (bicyclic) bond motifs is 1. The van der Waals surface area contributed by atoms with Crippen LogP contribution in [-0.2, 0) is 17.8 Å². The summed E-state index contributed by atoms with van der Waals surface area (Å²) in [4.78, 5) is 8.65. The van der Waals surface area contributed by atoms with Gasteiger partial charge in [-0.2, -0.15) is 0 Å². The maximum absolute atomic E-state index is 5.33. The highest BCUT2D eigenvalue weighted by Gasteiger charge is 2.14. The predicted molar refractivity (Wildman–Crippen MR) is 52.8 cm³/mol. The molecule has 0 N–H and O–H groups in total. The molecule has 0 aromatic carbocycles. The highest BCUT2D eigenvalue weighted by atomic mass is 127. The first-order valence-corrected chi connectivity index (χ1v) is 4.95. The molecule has 2 heterocycles. The Morgan fingerprint density at radius 2 is 2.25 bits per heavy atom. The number of rotatable bonds is 0. The van der Waals surface area contributed by atoms with Crippen LogP contribution in [-0.4, -0.2) is 16.6 Å². The Kier molecular flexibility index (Phi) is 2.27. The summed E-state index contributed by atoms with van der Waals surface area (Å²) in [6, 6.07) is 0. The van der Waals surface area contributed by atoms with Crippen molar-refractivity contribution in [2.45, 2.75) is 20.0 Å². The number of halogens is 1. The average Bonchev–Trinajstić information content (AvgIpc) is 2.04. The van der Waals surface area contributed by atoms with Crippen molar-refractivity contribution in [3.63, 3.8) is 0 Å². The van der Waals surface area contributed by atoms with Crippen LogP contribution in [0, 0.1) is 10.8 Å². The molecular formula is C8H9IN2O. The van der Waals surface area contributed by atoms with Crippen molar-refractivity contribution in [1.82, 2.24) is 9.97 Å².